The van der Waals surface area contributed by atoms with Crippen LogP contribution in [-0.4, -0.2) is 11.0 Å². The van der Waals surface area contributed by atoms with E-state index in [2.05, 4.69) is 4.98 Å². The van der Waals surface area contributed by atoms with E-state index in [1.807, 2.05) is 0 Å². The number of hydrogen-bond donors (Lipinski definition) is 0. The van der Waals surface area contributed by atoms with Gasteiger partial charge in [-0.15, -0.1) is 0 Å². The fourth-order valence-corrected chi connectivity index (χ4v) is 1.45. The number of carbonyl (C=O) groups excluding carboxylic acids is 1. The Morgan fingerprint density at radius 3 is 2.57 bits per heavy atom. The molecule has 0 aliphatic carbocycles. The Kier molecular flexibility index (Phi) is 3.00. The molecule has 1 rings (SSSR count). The Bertz CT molecular complexity index is 399. The summed E-state index contributed by atoms with van der Waals surface area (Å²) < 4.78 is 10.4. The second-order valence-electron chi connectivity index (χ2n) is 2.57. The van der Waals surface area contributed by atoms with Crippen LogP contribution in [0, 0.1) is 0 Å². The Morgan fingerprint density at radius 2 is 2.07 bits per heavy atom. The number of pyridine rings is 1. The van der Waals surface area contributed by atoms with Crippen molar-refractivity contribution in [2.24, 2.45) is 0 Å². The number of carboxylic acids is 1. The van der Waals surface area contributed by atoms with Gasteiger partial charge in [0.25, 0.3) is 0 Å². The highest BCUT2D eigenvalue weighted by molar-refractivity contribution is 7.47. The maximum absolute atomic E-state index is 10.4. The molecule has 76 valence electrons. The van der Waals surface area contributed by atoms with Gasteiger partial charge in [0, 0.05) is 11.9 Å². The largest absolute Gasteiger partial charge is 0.810 e. The summed E-state index contributed by atoms with van der Waals surface area (Å²) in [4.78, 5) is 34.4. The molecular weight excluding hydrogens is 209 g/mol. The molecule has 0 saturated carbocycles. The second kappa shape index (κ2) is 3.88. The van der Waals surface area contributed by atoms with Gasteiger partial charge in [-0.3, -0.25) is 4.98 Å². The Balaban J connectivity index is 2.95. The molecule has 0 amide bonds. The maximum Gasteiger partial charge on any atom is 0.0900 e. The van der Waals surface area contributed by atoms with Crippen molar-refractivity contribution in [3.63, 3.8) is 0 Å². The van der Waals surface area contributed by atoms with Gasteiger partial charge in [0.2, 0.25) is 0 Å². The zero-order chi connectivity index (χ0) is 10.8. The van der Waals surface area contributed by atoms with Crippen molar-refractivity contribution in [1.29, 1.82) is 0 Å². The van der Waals surface area contributed by atoms with E-state index in [0.717, 1.165) is 6.07 Å². The van der Waals surface area contributed by atoms with Crippen molar-refractivity contribution in [3.8, 4) is 0 Å². The van der Waals surface area contributed by atoms with Crippen LogP contribution in [0.15, 0.2) is 18.2 Å². The highest BCUT2D eigenvalue weighted by atomic mass is 31.2. The number of hydrogen-bond acceptors (Lipinski definition) is 6. The highest BCUT2D eigenvalue weighted by Crippen LogP contribution is 2.28. The van der Waals surface area contributed by atoms with Gasteiger partial charge in [-0.2, -0.15) is 0 Å². The summed E-state index contributed by atoms with van der Waals surface area (Å²) in [5.41, 5.74) is -0.490. The number of carboxylic acid groups (broad SMARTS) is 1. The van der Waals surface area contributed by atoms with Gasteiger partial charge in [0.1, 0.15) is 0 Å². The monoisotopic (exact) mass is 214 g/mol. The highest BCUT2D eigenvalue weighted by Gasteiger charge is 2.00. The summed E-state index contributed by atoms with van der Waals surface area (Å²) in [6.07, 6.45) is -0.797. The van der Waals surface area contributed by atoms with Crippen LogP contribution in [0.1, 0.15) is 16.2 Å². The summed E-state index contributed by atoms with van der Waals surface area (Å²) in [5.74, 6) is -1.52. The van der Waals surface area contributed by atoms with Crippen LogP contribution in [0.25, 0.3) is 0 Å². The molecule has 0 unspecified atom stereocenters. The number of carbonyl (C=O) groups is 1. The fraction of sp³-hybridized carbons (Fsp3) is 0.143. The molecule has 1 heterocycles. The Morgan fingerprint density at radius 1 is 1.43 bits per heavy atom. The first-order chi connectivity index (χ1) is 6.38. The average molecular weight is 214 g/mol. The quantitative estimate of drug-likeness (QED) is 0.530. The zero-order valence-electron chi connectivity index (χ0n) is 6.87. The number of aromatic nitrogens is 1. The van der Waals surface area contributed by atoms with E-state index in [1.165, 1.54) is 12.1 Å². The maximum atomic E-state index is 10.4. The minimum absolute atomic E-state index is 0.0972. The summed E-state index contributed by atoms with van der Waals surface area (Å²) in [5, 5.41) is 10.3. The molecule has 6 nitrogen and oxygen atoms in total. The van der Waals surface area contributed by atoms with Crippen LogP contribution in [0.2, 0.25) is 0 Å². The van der Waals surface area contributed by atoms with Crippen LogP contribution < -0.4 is 14.9 Å². The van der Waals surface area contributed by atoms with Crippen LogP contribution in [-0.2, 0) is 10.7 Å². The molecule has 0 spiro atoms. The predicted molar refractivity (Wildman–Crippen MR) is 39.9 cm³/mol. The van der Waals surface area contributed by atoms with Crippen LogP contribution >= 0.6 is 7.60 Å². The normalized spacial score (nSPS) is 11.3. The molecule has 0 bridgehead atoms. The van der Waals surface area contributed by atoms with Gasteiger partial charge in [0.15, 0.2) is 0 Å². The molecule has 0 aromatic carbocycles. The zero-order valence-corrected chi connectivity index (χ0v) is 7.77. The van der Waals surface area contributed by atoms with Crippen molar-refractivity contribution < 1.29 is 24.3 Å². The van der Waals surface area contributed by atoms with Crippen molar-refractivity contribution in [3.05, 3.63) is 29.6 Å². The topological polar surface area (TPSA) is 116 Å². The van der Waals surface area contributed by atoms with Gasteiger partial charge in [-0.05, 0) is 12.1 Å². The lowest BCUT2D eigenvalue weighted by atomic mass is 10.3. The average Bonchev–Trinajstić information content (AvgIpc) is 2.01. The van der Waals surface area contributed by atoms with Crippen molar-refractivity contribution in [2.75, 3.05) is 0 Å². The summed E-state index contributed by atoms with van der Waals surface area (Å²) in [6, 6.07) is 3.71. The lowest BCUT2D eigenvalue weighted by molar-refractivity contribution is -0.314. The third kappa shape index (κ3) is 3.26. The molecule has 14 heavy (non-hydrogen) atoms. The van der Waals surface area contributed by atoms with E-state index < -0.39 is 25.4 Å². The minimum atomic E-state index is -4.71. The van der Waals surface area contributed by atoms with E-state index in [4.69, 9.17) is 0 Å². The third-order valence-electron chi connectivity index (χ3n) is 1.37. The Hall–Kier alpha value is -1.23. The third-order valence-corrected chi connectivity index (χ3v) is 2.08. The first kappa shape index (κ1) is 10.8. The molecule has 0 aliphatic heterocycles. The summed E-state index contributed by atoms with van der Waals surface area (Å²) >= 11 is 0. The smallest absolute Gasteiger partial charge is 0.0900 e. The van der Waals surface area contributed by atoms with Crippen molar-refractivity contribution in [1.82, 2.24) is 4.98 Å². The molecule has 1 aromatic heterocycles. The van der Waals surface area contributed by atoms with Crippen LogP contribution in [0.5, 0.6) is 0 Å². The Labute approximate surface area is 79.4 Å². The summed E-state index contributed by atoms with van der Waals surface area (Å²) in [7, 11) is -4.71. The number of rotatable bonds is 3. The SMILES string of the molecule is O=C([O-])c1cccc(CP(=O)([O-])[O-])n1. The second-order valence-corrected chi connectivity index (χ2v) is 4.11. The predicted octanol–water partition coefficient (Wildman–Crippen LogP) is -2.14. The van der Waals surface area contributed by atoms with Gasteiger partial charge < -0.3 is 24.3 Å². The fourth-order valence-electron chi connectivity index (χ4n) is 0.880. The molecule has 0 aliphatic rings. The van der Waals surface area contributed by atoms with Gasteiger partial charge in [-0.1, -0.05) is 13.7 Å². The van der Waals surface area contributed by atoms with Crippen molar-refractivity contribution in [2.45, 2.75) is 6.16 Å². The van der Waals surface area contributed by atoms with Crippen LogP contribution in [0.4, 0.5) is 0 Å². The summed E-state index contributed by atoms with van der Waals surface area (Å²) in [6.45, 7) is 0. The van der Waals surface area contributed by atoms with E-state index in [0.29, 0.717) is 0 Å². The number of nitrogens with zero attached hydrogens (tertiary/aromatic N) is 1. The molecule has 0 saturated heterocycles. The van der Waals surface area contributed by atoms with E-state index in [-0.39, 0.29) is 5.69 Å². The molecule has 1 aromatic rings. The molecule has 0 atom stereocenters. The molecule has 0 N–H and O–H groups in total. The van der Waals surface area contributed by atoms with E-state index in [9.17, 15) is 24.3 Å². The molecule has 0 radical (unpaired) electrons. The lowest BCUT2D eigenvalue weighted by Gasteiger charge is -2.28. The number of aromatic carboxylic acids is 1. The van der Waals surface area contributed by atoms with E-state index in [1.54, 1.807) is 0 Å². The molecule has 0 fully saturated rings. The van der Waals surface area contributed by atoms with Gasteiger partial charge >= 0.3 is 0 Å². The first-order valence-electron chi connectivity index (χ1n) is 3.57. The minimum Gasteiger partial charge on any atom is -0.810 e. The van der Waals surface area contributed by atoms with Gasteiger partial charge in [-0.25, -0.2) is 0 Å². The van der Waals surface area contributed by atoms with E-state index >= 15 is 0 Å². The molecule has 7 heteroatoms. The van der Waals surface area contributed by atoms with Crippen LogP contribution in [0.3, 0.4) is 0 Å². The lowest BCUT2D eigenvalue weighted by Crippen LogP contribution is -2.24. The standard InChI is InChI=1S/C7H8NO5P/c9-7(10)6-3-1-2-5(8-6)4-14(11,12)13/h1-3H,4H2,(H,9,10)(H2,11,12,13)/p-3. The first-order valence-corrected chi connectivity index (χ1v) is 5.29. The van der Waals surface area contributed by atoms with Crippen molar-refractivity contribution >= 4 is 13.6 Å². The molecular formula is C7H5NO5P-3. The van der Waals surface area contributed by atoms with Gasteiger partial charge in [0.05, 0.1) is 11.7 Å².